The third-order valence-corrected chi connectivity index (χ3v) is 3.04. The molecule has 0 atom stereocenters. The van der Waals surface area contributed by atoms with E-state index in [0.717, 1.165) is 12.8 Å². The Morgan fingerprint density at radius 1 is 1.65 bits per heavy atom. The maximum absolute atomic E-state index is 8.53. The smallest absolute Gasteiger partial charge is 0.287 e. The first-order valence-electron chi connectivity index (χ1n) is 5.00. The fourth-order valence-corrected chi connectivity index (χ4v) is 2.07. The molecule has 1 aliphatic carbocycles. The van der Waals surface area contributed by atoms with Crippen LogP contribution in [0.15, 0.2) is 9.78 Å². The molecule has 0 aliphatic heterocycles. The van der Waals surface area contributed by atoms with Gasteiger partial charge in [-0.25, -0.2) is 4.63 Å². The number of rotatable bonds is 5. The van der Waals surface area contributed by atoms with Crippen LogP contribution in [0.25, 0.3) is 0 Å². The average molecular weight is 259 g/mol. The highest BCUT2D eigenvalue weighted by atomic mass is 32.2. The molecule has 94 valence electrons. The van der Waals surface area contributed by atoms with Crippen molar-refractivity contribution in [3.05, 3.63) is 5.69 Å². The van der Waals surface area contributed by atoms with Gasteiger partial charge in [-0.3, -0.25) is 4.72 Å². The molecule has 0 bridgehead atoms. The Morgan fingerprint density at radius 3 is 3.06 bits per heavy atom. The molecule has 1 fully saturated rings. The Morgan fingerprint density at radius 2 is 2.41 bits per heavy atom. The number of hydrogen-bond donors (Lipinski definition) is 3. The van der Waals surface area contributed by atoms with Crippen molar-refractivity contribution in [3.63, 3.8) is 0 Å². The van der Waals surface area contributed by atoms with Crippen LogP contribution in [-0.2, 0) is 0 Å². The van der Waals surface area contributed by atoms with Gasteiger partial charge in [0.2, 0.25) is 5.69 Å². The van der Waals surface area contributed by atoms with Crippen molar-refractivity contribution < 1.29 is 14.6 Å². The lowest BCUT2D eigenvalue weighted by atomic mass is 9.90. The van der Waals surface area contributed by atoms with E-state index in [1.807, 2.05) is 6.26 Å². The summed E-state index contributed by atoms with van der Waals surface area (Å²) in [5.74, 6) is -0.0211. The molecule has 1 heterocycles. The van der Waals surface area contributed by atoms with Gasteiger partial charge in [0, 0.05) is 18.9 Å². The molecule has 1 aromatic rings. The van der Waals surface area contributed by atoms with Gasteiger partial charge >= 0.3 is 0 Å². The molecule has 1 saturated carbocycles. The molecule has 0 saturated heterocycles. The maximum atomic E-state index is 8.53. The third-order valence-electron chi connectivity index (χ3n) is 2.47. The fraction of sp³-hybridized carbons (Fsp3) is 0.625. The summed E-state index contributed by atoms with van der Waals surface area (Å²) in [4.78, 5) is 0. The van der Waals surface area contributed by atoms with Crippen molar-refractivity contribution in [2.45, 2.75) is 25.0 Å². The second-order valence-electron chi connectivity index (χ2n) is 3.63. The van der Waals surface area contributed by atoms with Crippen LogP contribution in [0.1, 0.15) is 18.5 Å². The van der Waals surface area contributed by atoms with E-state index in [9.17, 15) is 0 Å². The lowest BCUT2D eigenvalue weighted by Gasteiger charge is -2.34. The van der Waals surface area contributed by atoms with Gasteiger partial charge in [0.25, 0.3) is 5.88 Å². The van der Waals surface area contributed by atoms with Gasteiger partial charge in [-0.05, 0) is 16.6 Å². The minimum atomic E-state index is -0.181. The lowest BCUT2D eigenvalue weighted by molar-refractivity contribution is 0.0857. The standard InChI is InChI=1S/C8H13N5O3S/c1-17-13-4-2-5(3-4)15-8-6(7(9)10-14)11-16-12-8/h4-5,13-14H,2-3H2,1H3,(H2,9,10). The predicted octanol–water partition coefficient (Wildman–Crippen LogP) is -0.0585. The number of hydrogen-bond acceptors (Lipinski definition) is 8. The number of nitrogens with one attached hydrogen (secondary N) is 1. The molecular formula is C8H13N5O3S. The summed E-state index contributed by atoms with van der Waals surface area (Å²) in [5, 5.41) is 18.4. The molecule has 4 N–H and O–H groups in total. The third kappa shape index (κ3) is 2.61. The number of aromatic nitrogens is 2. The van der Waals surface area contributed by atoms with E-state index in [2.05, 4.69) is 24.8 Å². The second kappa shape index (κ2) is 5.23. The van der Waals surface area contributed by atoms with Crippen LogP contribution in [0.4, 0.5) is 0 Å². The topological polar surface area (TPSA) is 119 Å². The first-order chi connectivity index (χ1) is 8.24. The van der Waals surface area contributed by atoms with Crippen molar-refractivity contribution >= 4 is 17.8 Å². The Bertz CT molecular complexity index is 404. The van der Waals surface area contributed by atoms with Crippen LogP contribution < -0.4 is 15.2 Å². The van der Waals surface area contributed by atoms with Crippen LogP contribution in [0.5, 0.6) is 5.88 Å². The number of oxime groups is 1. The lowest BCUT2D eigenvalue weighted by Crippen LogP contribution is -2.44. The highest BCUT2D eigenvalue weighted by molar-refractivity contribution is 7.96. The van der Waals surface area contributed by atoms with Crippen molar-refractivity contribution in [1.29, 1.82) is 0 Å². The molecule has 0 spiro atoms. The molecule has 0 aromatic carbocycles. The first-order valence-corrected chi connectivity index (χ1v) is 6.22. The second-order valence-corrected chi connectivity index (χ2v) is 4.28. The molecule has 1 aliphatic rings. The molecule has 8 nitrogen and oxygen atoms in total. The van der Waals surface area contributed by atoms with Gasteiger partial charge in [-0.1, -0.05) is 17.1 Å². The van der Waals surface area contributed by atoms with Gasteiger partial charge in [0.1, 0.15) is 6.10 Å². The van der Waals surface area contributed by atoms with Crippen molar-refractivity contribution in [1.82, 2.24) is 15.0 Å². The van der Waals surface area contributed by atoms with E-state index in [-0.39, 0.29) is 23.5 Å². The van der Waals surface area contributed by atoms with Gasteiger partial charge in [0.15, 0.2) is 5.84 Å². The van der Waals surface area contributed by atoms with E-state index in [1.165, 1.54) is 0 Å². The van der Waals surface area contributed by atoms with Crippen LogP contribution >= 0.6 is 11.9 Å². The van der Waals surface area contributed by atoms with Crippen LogP contribution in [0.2, 0.25) is 0 Å². The molecule has 1 aromatic heterocycles. The predicted molar refractivity (Wildman–Crippen MR) is 60.9 cm³/mol. The van der Waals surface area contributed by atoms with Crippen molar-refractivity contribution in [3.8, 4) is 5.88 Å². The molecule has 9 heteroatoms. The number of amidine groups is 1. The summed E-state index contributed by atoms with van der Waals surface area (Å²) < 4.78 is 13.3. The van der Waals surface area contributed by atoms with Gasteiger partial charge < -0.3 is 15.7 Å². The summed E-state index contributed by atoms with van der Waals surface area (Å²) in [7, 11) is 0. The number of nitrogens with two attached hydrogens (primary N) is 1. The zero-order chi connectivity index (χ0) is 12.3. The van der Waals surface area contributed by atoms with E-state index in [0.29, 0.717) is 6.04 Å². The molecular weight excluding hydrogens is 246 g/mol. The van der Waals surface area contributed by atoms with Crippen LogP contribution in [0.3, 0.4) is 0 Å². The van der Waals surface area contributed by atoms with Crippen LogP contribution in [0, 0.1) is 0 Å². The highest BCUT2D eigenvalue weighted by Crippen LogP contribution is 2.27. The van der Waals surface area contributed by atoms with Gasteiger partial charge in [-0.15, -0.1) is 0 Å². The Balaban J connectivity index is 1.90. The zero-order valence-electron chi connectivity index (χ0n) is 9.16. The minimum absolute atomic E-state index is 0.0526. The summed E-state index contributed by atoms with van der Waals surface area (Å²) in [6.45, 7) is 0. The summed E-state index contributed by atoms with van der Waals surface area (Å²) in [6.07, 6.45) is 3.79. The summed E-state index contributed by atoms with van der Waals surface area (Å²) in [6, 6.07) is 0.446. The summed E-state index contributed by atoms with van der Waals surface area (Å²) in [5.41, 5.74) is 5.51. The molecule has 2 rings (SSSR count). The highest BCUT2D eigenvalue weighted by Gasteiger charge is 2.32. The summed E-state index contributed by atoms with van der Waals surface area (Å²) >= 11 is 1.58. The van der Waals surface area contributed by atoms with Gasteiger partial charge in [-0.2, -0.15) is 0 Å². The fourth-order valence-electron chi connectivity index (χ4n) is 1.54. The first kappa shape index (κ1) is 12.0. The van der Waals surface area contributed by atoms with E-state index >= 15 is 0 Å². The zero-order valence-corrected chi connectivity index (χ0v) is 9.98. The Kier molecular flexibility index (Phi) is 3.69. The Hall–Kier alpha value is -1.48. The number of ether oxygens (including phenoxy) is 1. The Labute approximate surface area is 102 Å². The van der Waals surface area contributed by atoms with E-state index < -0.39 is 0 Å². The molecule has 17 heavy (non-hydrogen) atoms. The van der Waals surface area contributed by atoms with Crippen molar-refractivity contribution in [2.75, 3.05) is 6.26 Å². The van der Waals surface area contributed by atoms with Gasteiger partial charge in [0.05, 0.1) is 0 Å². The largest absolute Gasteiger partial charge is 0.470 e. The monoisotopic (exact) mass is 259 g/mol. The SMILES string of the molecule is CSNC1CC(Oc2nonc2/C(N)=N\O)C1. The molecule has 0 amide bonds. The quantitative estimate of drug-likeness (QED) is 0.221. The van der Waals surface area contributed by atoms with E-state index in [1.54, 1.807) is 11.9 Å². The van der Waals surface area contributed by atoms with Crippen molar-refractivity contribution in [2.24, 2.45) is 10.9 Å². The average Bonchev–Trinajstić information content (AvgIpc) is 2.73. The number of nitrogens with zero attached hydrogens (tertiary/aromatic N) is 3. The molecule has 0 unspecified atom stereocenters. The minimum Gasteiger partial charge on any atom is -0.470 e. The normalized spacial score (nSPS) is 24.4. The van der Waals surface area contributed by atoms with Crippen LogP contribution in [-0.4, -0.2) is 39.8 Å². The maximum Gasteiger partial charge on any atom is 0.287 e. The van der Waals surface area contributed by atoms with E-state index in [4.69, 9.17) is 15.7 Å². The molecule has 0 radical (unpaired) electrons.